The van der Waals surface area contributed by atoms with Crippen LogP contribution in [0.25, 0.3) is 0 Å². The molecule has 17 heavy (non-hydrogen) atoms. The molecule has 1 aliphatic rings. The first-order valence-corrected chi connectivity index (χ1v) is 7.33. The molecule has 0 radical (unpaired) electrons. The summed E-state index contributed by atoms with van der Waals surface area (Å²) in [6.45, 7) is 0.111. The molecule has 0 spiro atoms. The lowest BCUT2D eigenvalue weighted by molar-refractivity contribution is -0.143. The Morgan fingerprint density at radius 2 is 2.06 bits per heavy atom. The number of aliphatic carboxylic acids is 1. The monoisotopic (exact) mass is 265 g/mol. The molecule has 2 atom stereocenters. The molecule has 0 aliphatic heterocycles. The van der Waals surface area contributed by atoms with Gasteiger partial charge in [-0.05, 0) is 12.8 Å². The number of sulfonamides is 1. The number of ether oxygens (including phenoxy) is 1. The van der Waals surface area contributed by atoms with Crippen LogP contribution in [-0.2, 0) is 19.6 Å². The summed E-state index contributed by atoms with van der Waals surface area (Å²) in [5, 5.41) is 9.02. The van der Waals surface area contributed by atoms with Crippen molar-refractivity contribution < 1.29 is 23.1 Å². The predicted molar refractivity (Wildman–Crippen MR) is 62.2 cm³/mol. The van der Waals surface area contributed by atoms with E-state index in [1.54, 1.807) is 0 Å². The zero-order valence-corrected chi connectivity index (χ0v) is 10.7. The van der Waals surface area contributed by atoms with E-state index in [2.05, 4.69) is 4.72 Å². The first kappa shape index (κ1) is 14.4. The number of carbonyl (C=O) groups is 1. The Balaban J connectivity index is 2.61. The molecule has 0 bridgehead atoms. The van der Waals surface area contributed by atoms with E-state index < -0.39 is 28.0 Å². The van der Waals surface area contributed by atoms with Crippen LogP contribution in [0.2, 0.25) is 0 Å². The highest BCUT2D eigenvalue weighted by Gasteiger charge is 2.33. The lowest BCUT2D eigenvalue weighted by Crippen LogP contribution is -2.46. The van der Waals surface area contributed by atoms with Crippen molar-refractivity contribution in [2.24, 2.45) is 5.92 Å². The SMILES string of the molecule is COCCS(=O)(=O)NC1CCCCC1C(=O)O. The zero-order valence-electron chi connectivity index (χ0n) is 9.89. The van der Waals surface area contributed by atoms with Crippen LogP contribution in [0, 0.1) is 5.92 Å². The highest BCUT2D eigenvalue weighted by molar-refractivity contribution is 7.89. The highest BCUT2D eigenvalue weighted by Crippen LogP contribution is 2.25. The van der Waals surface area contributed by atoms with Gasteiger partial charge < -0.3 is 9.84 Å². The lowest BCUT2D eigenvalue weighted by Gasteiger charge is -2.28. The summed E-state index contributed by atoms with van der Waals surface area (Å²) in [5.74, 6) is -1.67. The van der Waals surface area contributed by atoms with Crippen LogP contribution in [0.3, 0.4) is 0 Å². The van der Waals surface area contributed by atoms with Gasteiger partial charge >= 0.3 is 5.97 Å². The number of carboxylic acid groups (broad SMARTS) is 1. The van der Waals surface area contributed by atoms with Crippen LogP contribution in [0.5, 0.6) is 0 Å². The maximum atomic E-state index is 11.6. The molecule has 1 aliphatic carbocycles. The number of hydrogen-bond donors (Lipinski definition) is 2. The molecule has 7 heteroatoms. The van der Waals surface area contributed by atoms with E-state index in [0.717, 1.165) is 12.8 Å². The van der Waals surface area contributed by atoms with Gasteiger partial charge in [0.25, 0.3) is 0 Å². The van der Waals surface area contributed by atoms with Gasteiger partial charge in [-0.15, -0.1) is 0 Å². The van der Waals surface area contributed by atoms with Crippen LogP contribution < -0.4 is 4.72 Å². The third-order valence-corrected chi connectivity index (χ3v) is 4.34. The Morgan fingerprint density at radius 3 is 2.65 bits per heavy atom. The Bertz CT molecular complexity index is 354. The van der Waals surface area contributed by atoms with E-state index >= 15 is 0 Å². The quantitative estimate of drug-likeness (QED) is 0.715. The molecular weight excluding hydrogens is 246 g/mol. The molecule has 1 saturated carbocycles. The third-order valence-electron chi connectivity index (χ3n) is 2.97. The standard InChI is InChI=1S/C10H19NO5S/c1-16-6-7-17(14,15)11-9-5-3-2-4-8(9)10(12)13/h8-9,11H,2-7H2,1H3,(H,12,13). The van der Waals surface area contributed by atoms with Crippen LogP contribution in [0.15, 0.2) is 0 Å². The van der Waals surface area contributed by atoms with Gasteiger partial charge in [-0.25, -0.2) is 13.1 Å². The maximum Gasteiger partial charge on any atom is 0.308 e. The van der Waals surface area contributed by atoms with Gasteiger partial charge in [-0.1, -0.05) is 12.8 Å². The van der Waals surface area contributed by atoms with Gasteiger partial charge in [0.2, 0.25) is 10.0 Å². The number of methoxy groups -OCH3 is 1. The lowest BCUT2D eigenvalue weighted by atomic mass is 9.85. The smallest absolute Gasteiger partial charge is 0.308 e. The largest absolute Gasteiger partial charge is 0.481 e. The molecule has 0 amide bonds. The van der Waals surface area contributed by atoms with Crippen molar-refractivity contribution in [2.45, 2.75) is 31.7 Å². The Morgan fingerprint density at radius 1 is 1.41 bits per heavy atom. The highest BCUT2D eigenvalue weighted by atomic mass is 32.2. The van der Waals surface area contributed by atoms with E-state index in [4.69, 9.17) is 9.84 Å². The molecule has 0 saturated heterocycles. The Hall–Kier alpha value is -0.660. The summed E-state index contributed by atoms with van der Waals surface area (Å²) in [7, 11) is -2.02. The van der Waals surface area contributed by atoms with Gasteiger partial charge in [0.15, 0.2) is 0 Å². The number of nitrogens with one attached hydrogen (secondary N) is 1. The molecule has 2 N–H and O–H groups in total. The summed E-state index contributed by atoms with van der Waals surface area (Å²) in [5.41, 5.74) is 0. The fraction of sp³-hybridized carbons (Fsp3) is 0.900. The number of carboxylic acids is 1. The van der Waals surface area contributed by atoms with E-state index in [9.17, 15) is 13.2 Å². The fourth-order valence-corrected chi connectivity index (χ4v) is 3.30. The fourth-order valence-electron chi connectivity index (χ4n) is 2.05. The molecule has 2 unspecified atom stereocenters. The molecule has 1 rings (SSSR count). The number of hydrogen-bond acceptors (Lipinski definition) is 4. The van der Waals surface area contributed by atoms with Crippen LogP contribution in [0.1, 0.15) is 25.7 Å². The van der Waals surface area contributed by atoms with Crippen molar-refractivity contribution in [3.63, 3.8) is 0 Å². The summed E-state index contributed by atoms with van der Waals surface area (Å²) >= 11 is 0. The predicted octanol–water partition coefficient (Wildman–Crippen LogP) is 0.196. The van der Waals surface area contributed by atoms with Crippen LogP contribution in [-0.4, -0.2) is 45.0 Å². The van der Waals surface area contributed by atoms with Crippen molar-refractivity contribution in [3.8, 4) is 0 Å². The van der Waals surface area contributed by atoms with Crippen molar-refractivity contribution in [1.82, 2.24) is 4.72 Å². The Kier molecular flexibility index (Phi) is 5.35. The van der Waals surface area contributed by atoms with E-state index in [1.807, 2.05) is 0 Å². The first-order chi connectivity index (χ1) is 7.96. The minimum absolute atomic E-state index is 0.111. The molecular formula is C10H19NO5S. The molecule has 1 fully saturated rings. The molecule has 0 aromatic carbocycles. The minimum Gasteiger partial charge on any atom is -0.481 e. The molecule has 6 nitrogen and oxygen atoms in total. The second-order valence-corrected chi connectivity index (χ2v) is 6.14. The van der Waals surface area contributed by atoms with Crippen LogP contribution in [0.4, 0.5) is 0 Å². The van der Waals surface area contributed by atoms with Gasteiger partial charge in [0, 0.05) is 13.2 Å². The summed E-state index contributed by atoms with van der Waals surface area (Å²) in [6, 6.07) is -0.483. The Labute approximate surface area is 101 Å². The first-order valence-electron chi connectivity index (χ1n) is 5.68. The molecule has 0 heterocycles. The summed E-state index contributed by atoms with van der Waals surface area (Å²) in [4.78, 5) is 11.0. The van der Waals surface area contributed by atoms with Crippen LogP contribution >= 0.6 is 0 Å². The molecule has 0 aromatic heterocycles. The van der Waals surface area contributed by atoms with Gasteiger partial charge in [-0.2, -0.15) is 0 Å². The zero-order chi connectivity index (χ0) is 12.9. The van der Waals surface area contributed by atoms with Crippen molar-refractivity contribution in [2.75, 3.05) is 19.5 Å². The summed E-state index contributed by atoms with van der Waals surface area (Å²) in [6.07, 6.45) is 2.82. The average molecular weight is 265 g/mol. The normalized spacial score (nSPS) is 25.7. The van der Waals surface area contributed by atoms with Crippen molar-refractivity contribution in [1.29, 1.82) is 0 Å². The summed E-state index contributed by atoms with van der Waals surface area (Å²) < 4.78 is 30.5. The van der Waals surface area contributed by atoms with Gasteiger partial charge in [-0.3, -0.25) is 4.79 Å². The van der Waals surface area contributed by atoms with E-state index in [0.29, 0.717) is 12.8 Å². The van der Waals surface area contributed by atoms with E-state index in [1.165, 1.54) is 7.11 Å². The van der Waals surface area contributed by atoms with Gasteiger partial charge in [0.1, 0.15) is 0 Å². The molecule has 100 valence electrons. The minimum atomic E-state index is -3.45. The maximum absolute atomic E-state index is 11.6. The second-order valence-electron chi connectivity index (χ2n) is 4.27. The van der Waals surface area contributed by atoms with Crippen molar-refractivity contribution >= 4 is 16.0 Å². The molecule has 0 aromatic rings. The second kappa shape index (κ2) is 6.32. The van der Waals surface area contributed by atoms with Gasteiger partial charge in [0.05, 0.1) is 18.3 Å². The topological polar surface area (TPSA) is 92.7 Å². The third kappa shape index (κ3) is 4.61. The average Bonchev–Trinajstić information content (AvgIpc) is 2.26. The van der Waals surface area contributed by atoms with E-state index in [-0.39, 0.29) is 12.4 Å². The van der Waals surface area contributed by atoms with Crippen molar-refractivity contribution in [3.05, 3.63) is 0 Å². The number of rotatable bonds is 6.